The molecule has 1 aromatic heterocycles. The van der Waals surface area contributed by atoms with E-state index >= 15 is 0 Å². The van der Waals surface area contributed by atoms with Crippen LogP contribution in [0.2, 0.25) is 0 Å². The number of nitrogens with zero attached hydrogens (tertiary/aromatic N) is 1. The summed E-state index contributed by atoms with van der Waals surface area (Å²) in [7, 11) is 0. The number of halogens is 1. The molecule has 3 aromatic rings. The van der Waals surface area contributed by atoms with Gasteiger partial charge in [0, 0.05) is 40.4 Å². The number of ketones is 1. The number of aromatic nitrogens is 1. The van der Waals surface area contributed by atoms with E-state index in [9.17, 15) is 14.0 Å². The van der Waals surface area contributed by atoms with Gasteiger partial charge in [0.25, 0.3) is 5.91 Å². The molecule has 6 heteroatoms. The monoisotopic (exact) mass is 396 g/mol. The molecule has 1 fully saturated rings. The summed E-state index contributed by atoms with van der Waals surface area (Å²) in [5, 5.41) is 0.668. The predicted molar refractivity (Wildman–Crippen MR) is 109 cm³/mol. The minimum atomic E-state index is -0.332. The molecule has 0 radical (unpaired) electrons. The smallest absolute Gasteiger partial charge is 0.270 e. The Balaban J connectivity index is 1.50. The van der Waals surface area contributed by atoms with Gasteiger partial charge < -0.3 is 9.88 Å². The van der Waals surface area contributed by atoms with Crippen molar-refractivity contribution in [3.63, 3.8) is 0 Å². The highest BCUT2D eigenvalue weighted by molar-refractivity contribution is 7.98. The van der Waals surface area contributed by atoms with Gasteiger partial charge in [0.15, 0.2) is 5.78 Å². The zero-order valence-electron chi connectivity index (χ0n) is 15.6. The molecule has 1 N–H and O–H groups in total. The second kappa shape index (κ2) is 7.80. The normalized spacial score (nSPS) is 17.1. The molecule has 28 heavy (non-hydrogen) atoms. The molecule has 0 unspecified atom stereocenters. The summed E-state index contributed by atoms with van der Waals surface area (Å²) >= 11 is 1.64. The number of carbonyl (C=O) groups is 2. The number of fused-ring (bicyclic) bond motifs is 1. The molecule has 1 aliphatic rings. The Kier molecular flexibility index (Phi) is 5.22. The number of piperidine rings is 1. The number of hydrogen-bond donors (Lipinski definition) is 1. The van der Waals surface area contributed by atoms with Crippen LogP contribution in [0.15, 0.2) is 53.4 Å². The minimum absolute atomic E-state index is 0.0869. The fraction of sp³-hybridized carbons (Fsp3) is 0.273. The van der Waals surface area contributed by atoms with Crippen molar-refractivity contribution in [2.45, 2.75) is 17.7 Å². The number of Topliss-reactive ketones (excluding diaryl/α,β-unsaturated/α-hetero) is 1. The van der Waals surface area contributed by atoms with Crippen molar-refractivity contribution in [3.05, 3.63) is 65.6 Å². The fourth-order valence-electron chi connectivity index (χ4n) is 3.76. The molecule has 4 rings (SSSR count). The van der Waals surface area contributed by atoms with Gasteiger partial charge in [-0.1, -0.05) is 12.1 Å². The van der Waals surface area contributed by atoms with Gasteiger partial charge in [-0.15, -0.1) is 11.8 Å². The van der Waals surface area contributed by atoms with E-state index in [1.54, 1.807) is 28.8 Å². The van der Waals surface area contributed by atoms with E-state index < -0.39 is 0 Å². The summed E-state index contributed by atoms with van der Waals surface area (Å²) in [6.07, 6.45) is 3.57. The summed E-state index contributed by atoms with van der Waals surface area (Å²) in [6, 6.07) is 13.7. The molecule has 1 aliphatic heterocycles. The highest BCUT2D eigenvalue weighted by atomic mass is 32.2. The van der Waals surface area contributed by atoms with Crippen LogP contribution >= 0.6 is 11.8 Å². The lowest BCUT2D eigenvalue weighted by Crippen LogP contribution is -2.42. The predicted octanol–water partition coefficient (Wildman–Crippen LogP) is 4.76. The number of nitrogens with one attached hydrogen (secondary N) is 1. The SMILES string of the molecule is CSc1ccc(C(=O)[C@H]2CCCN(C(=O)c3cc4cc(F)ccc4[nH]3)C2)cc1. The molecule has 0 aliphatic carbocycles. The van der Waals surface area contributed by atoms with E-state index in [2.05, 4.69) is 4.98 Å². The Labute approximate surface area is 167 Å². The lowest BCUT2D eigenvalue weighted by atomic mass is 9.90. The van der Waals surface area contributed by atoms with Gasteiger partial charge >= 0.3 is 0 Å². The third-order valence-electron chi connectivity index (χ3n) is 5.27. The van der Waals surface area contributed by atoms with Gasteiger partial charge in [0.2, 0.25) is 0 Å². The van der Waals surface area contributed by atoms with E-state index in [0.29, 0.717) is 29.7 Å². The molecular weight excluding hydrogens is 375 g/mol. The molecule has 0 saturated carbocycles. The van der Waals surface area contributed by atoms with Crippen molar-refractivity contribution in [2.24, 2.45) is 5.92 Å². The Morgan fingerprint density at radius 2 is 1.93 bits per heavy atom. The number of amides is 1. The average molecular weight is 396 g/mol. The van der Waals surface area contributed by atoms with Crippen molar-refractivity contribution >= 4 is 34.4 Å². The lowest BCUT2D eigenvalue weighted by Gasteiger charge is -2.31. The van der Waals surface area contributed by atoms with Gasteiger partial charge in [-0.05, 0) is 55.5 Å². The summed E-state index contributed by atoms with van der Waals surface area (Å²) < 4.78 is 13.4. The second-order valence-corrected chi connectivity index (χ2v) is 7.98. The van der Waals surface area contributed by atoms with E-state index in [4.69, 9.17) is 0 Å². The molecule has 2 heterocycles. The number of H-pyrrole nitrogens is 1. The molecular formula is C22H21FN2O2S. The molecule has 2 aromatic carbocycles. The first kappa shape index (κ1) is 18.7. The molecule has 4 nitrogen and oxygen atoms in total. The van der Waals surface area contributed by atoms with E-state index in [1.807, 2.05) is 30.5 Å². The number of thioether (sulfide) groups is 1. The highest BCUT2D eigenvalue weighted by Gasteiger charge is 2.30. The standard InChI is InChI=1S/C22H21FN2O2S/c1-28-18-7-4-14(5-8-18)21(26)15-3-2-10-25(13-15)22(27)20-12-16-11-17(23)6-9-19(16)24-20/h4-9,11-12,15,24H,2-3,10,13H2,1H3/t15-/m0/s1. The van der Waals surface area contributed by atoms with Crippen LogP contribution in [-0.4, -0.2) is 40.9 Å². The molecule has 1 amide bonds. The maximum Gasteiger partial charge on any atom is 0.270 e. The Morgan fingerprint density at radius 1 is 1.14 bits per heavy atom. The van der Waals surface area contributed by atoms with Crippen LogP contribution in [0.25, 0.3) is 10.9 Å². The number of rotatable bonds is 4. The summed E-state index contributed by atoms with van der Waals surface area (Å²) in [4.78, 5) is 31.7. The van der Waals surface area contributed by atoms with Crippen molar-refractivity contribution in [2.75, 3.05) is 19.3 Å². The average Bonchev–Trinajstić information content (AvgIpc) is 3.16. The van der Waals surface area contributed by atoms with E-state index in [-0.39, 0.29) is 23.4 Å². The first-order chi connectivity index (χ1) is 13.5. The van der Waals surface area contributed by atoms with Crippen molar-refractivity contribution in [1.82, 2.24) is 9.88 Å². The van der Waals surface area contributed by atoms with Crippen molar-refractivity contribution in [1.29, 1.82) is 0 Å². The van der Waals surface area contributed by atoms with Crippen molar-refractivity contribution in [3.8, 4) is 0 Å². The Morgan fingerprint density at radius 3 is 2.68 bits per heavy atom. The fourth-order valence-corrected chi connectivity index (χ4v) is 4.16. The van der Waals surface area contributed by atoms with Crippen LogP contribution in [0.1, 0.15) is 33.7 Å². The number of carbonyl (C=O) groups excluding carboxylic acids is 2. The zero-order chi connectivity index (χ0) is 19.7. The van der Waals surface area contributed by atoms with Gasteiger partial charge in [-0.3, -0.25) is 9.59 Å². The van der Waals surface area contributed by atoms with Gasteiger partial charge in [-0.25, -0.2) is 4.39 Å². The lowest BCUT2D eigenvalue weighted by molar-refractivity contribution is 0.0633. The zero-order valence-corrected chi connectivity index (χ0v) is 16.4. The first-order valence-corrected chi connectivity index (χ1v) is 10.5. The number of likely N-dealkylation sites (tertiary alicyclic amines) is 1. The minimum Gasteiger partial charge on any atom is -0.351 e. The summed E-state index contributed by atoms with van der Waals surface area (Å²) in [5.74, 6) is -0.586. The van der Waals surface area contributed by atoms with E-state index in [1.165, 1.54) is 12.1 Å². The van der Waals surface area contributed by atoms with Gasteiger partial charge in [-0.2, -0.15) is 0 Å². The van der Waals surface area contributed by atoms with Crippen LogP contribution in [0.5, 0.6) is 0 Å². The molecule has 1 saturated heterocycles. The Bertz CT molecular complexity index is 1030. The highest BCUT2D eigenvalue weighted by Crippen LogP contribution is 2.25. The van der Waals surface area contributed by atoms with Crippen LogP contribution in [0, 0.1) is 11.7 Å². The van der Waals surface area contributed by atoms with Crippen molar-refractivity contribution < 1.29 is 14.0 Å². The number of hydrogen-bond acceptors (Lipinski definition) is 3. The largest absolute Gasteiger partial charge is 0.351 e. The molecule has 1 atom stereocenters. The van der Waals surface area contributed by atoms with Crippen LogP contribution in [-0.2, 0) is 0 Å². The number of aromatic amines is 1. The van der Waals surface area contributed by atoms with Crippen LogP contribution in [0.4, 0.5) is 4.39 Å². The number of benzene rings is 2. The van der Waals surface area contributed by atoms with Crippen LogP contribution in [0.3, 0.4) is 0 Å². The van der Waals surface area contributed by atoms with Crippen LogP contribution < -0.4 is 0 Å². The summed E-state index contributed by atoms with van der Waals surface area (Å²) in [5.41, 5.74) is 1.85. The van der Waals surface area contributed by atoms with Gasteiger partial charge in [0.05, 0.1) is 0 Å². The molecule has 144 valence electrons. The quantitative estimate of drug-likeness (QED) is 0.511. The molecule has 0 bridgehead atoms. The maximum atomic E-state index is 13.4. The second-order valence-electron chi connectivity index (χ2n) is 7.10. The first-order valence-electron chi connectivity index (χ1n) is 9.31. The third-order valence-corrected chi connectivity index (χ3v) is 6.01. The topological polar surface area (TPSA) is 53.2 Å². The van der Waals surface area contributed by atoms with E-state index in [0.717, 1.165) is 23.3 Å². The third kappa shape index (κ3) is 3.69. The maximum absolute atomic E-state index is 13.4. The molecule has 0 spiro atoms. The van der Waals surface area contributed by atoms with Gasteiger partial charge in [0.1, 0.15) is 11.5 Å². The summed E-state index contributed by atoms with van der Waals surface area (Å²) in [6.45, 7) is 1.03. The Hall–Kier alpha value is -2.60.